The molecular weight excluding hydrogens is 719 g/mol. The Morgan fingerprint density at radius 3 is 2.20 bits per heavy atom. The van der Waals surface area contributed by atoms with E-state index in [9.17, 15) is 0 Å². The molecule has 2 aliphatic heterocycles. The molecule has 3 atom stereocenters. The third kappa shape index (κ3) is 3.99. The topological polar surface area (TPSA) is 30.0 Å². The number of pyridine rings is 2. The van der Waals surface area contributed by atoms with Crippen LogP contribution >= 0.6 is 0 Å². The van der Waals surface area contributed by atoms with Crippen molar-refractivity contribution in [3.05, 3.63) is 172 Å². The minimum absolute atomic E-state index is 0.104. The Hall–Kier alpha value is -6.13. The molecule has 288 valence electrons. The lowest BCUT2D eigenvalue weighted by atomic mass is 9.36. The van der Waals surface area contributed by atoms with Gasteiger partial charge in [0.05, 0.1) is 17.4 Å². The second-order valence-electron chi connectivity index (χ2n) is 17.9. The van der Waals surface area contributed by atoms with Crippen molar-refractivity contribution < 1.29 is 8.97 Å². The van der Waals surface area contributed by atoms with Crippen molar-refractivity contribution in [2.24, 2.45) is 0 Å². The van der Waals surface area contributed by atoms with E-state index in [2.05, 4.69) is 170 Å². The summed E-state index contributed by atoms with van der Waals surface area (Å²) in [5, 5.41) is 7.00. The summed E-state index contributed by atoms with van der Waals surface area (Å²) in [5.41, 5.74) is 13.5. The summed E-state index contributed by atoms with van der Waals surface area (Å²) >= 11 is 0. The highest BCUT2D eigenvalue weighted by Crippen LogP contribution is 2.74. The quantitative estimate of drug-likeness (QED) is 0.122. The number of hydrogen-bond donors (Lipinski definition) is 0. The van der Waals surface area contributed by atoms with Gasteiger partial charge >= 0.3 is 5.56 Å². The summed E-state index contributed by atoms with van der Waals surface area (Å²) < 4.78 is 7.44. The van der Waals surface area contributed by atoms with Crippen LogP contribution in [0.15, 0.2) is 138 Å². The Morgan fingerprint density at radius 2 is 1.41 bits per heavy atom. The van der Waals surface area contributed by atoms with Crippen LogP contribution in [0.2, 0.25) is 0 Å². The van der Waals surface area contributed by atoms with E-state index < -0.39 is 11.0 Å². The van der Waals surface area contributed by atoms with Crippen LogP contribution in [0.4, 0.5) is 0 Å². The van der Waals surface area contributed by atoms with E-state index in [1.807, 2.05) is 12.1 Å². The molecule has 3 unspecified atom stereocenters. The van der Waals surface area contributed by atoms with Gasteiger partial charge in [0, 0.05) is 40.5 Å². The van der Waals surface area contributed by atoms with Gasteiger partial charge in [0.2, 0.25) is 11.2 Å². The van der Waals surface area contributed by atoms with Gasteiger partial charge in [-0.1, -0.05) is 106 Å². The Morgan fingerprint density at radius 1 is 0.661 bits per heavy atom. The molecule has 0 bridgehead atoms. The molecular formula is C55H49N3O+2. The average molecular weight is 768 g/mol. The molecule has 1 fully saturated rings. The minimum Gasteiger partial charge on any atom is -0.241 e. The number of nitrogens with zero attached hydrogens (tertiary/aromatic N) is 3. The van der Waals surface area contributed by atoms with Crippen LogP contribution in [0, 0.1) is 13.8 Å². The van der Waals surface area contributed by atoms with Gasteiger partial charge in [-0.25, -0.2) is 4.79 Å². The zero-order valence-electron chi connectivity index (χ0n) is 34.7. The first-order valence-corrected chi connectivity index (χ1v) is 21.9. The Balaban J connectivity index is 1.28. The fraction of sp³-hybridized carbons (Fsp3) is 0.255. The van der Waals surface area contributed by atoms with Crippen molar-refractivity contribution in [3.63, 3.8) is 0 Å². The number of aryl methyl sites for hydroxylation is 3. The number of unbranched alkanes of at least 4 members (excludes halogenated alkanes) is 1. The summed E-state index contributed by atoms with van der Waals surface area (Å²) in [6.07, 6.45) is 8.40. The third-order valence-electron chi connectivity index (χ3n) is 15.5. The second-order valence-corrected chi connectivity index (χ2v) is 17.9. The zero-order valence-corrected chi connectivity index (χ0v) is 34.7. The van der Waals surface area contributed by atoms with Crippen LogP contribution in [0.3, 0.4) is 0 Å². The van der Waals surface area contributed by atoms with Crippen LogP contribution in [0.1, 0.15) is 80.7 Å². The standard InChI is InChI=1S/C55H49N3O/c1-6-9-18-36-25-26-38-31-45-42(30-39(38)29-36)48-28-27-37-19-10-12-23-46(37)57(48)53(7-2)33-55(54(45,53)8-3)44-22-15-21-40-43(49-34(4)16-14-17-35(49)5)32-56-47-24-13-11-20-41(47)52(59)58(55)51(56)50(40)44/h10-17,19-32H,6-9,18,33H2,1-5H3/q+2. The molecule has 4 heteroatoms. The molecule has 0 amide bonds. The highest BCUT2D eigenvalue weighted by atomic mass is 16.1. The molecule has 9 aromatic rings. The summed E-state index contributed by atoms with van der Waals surface area (Å²) in [7, 11) is 0. The molecule has 59 heavy (non-hydrogen) atoms. The van der Waals surface area contributed by atoms with Gasteiger partial charge in [0.25, 0.3) is 5.65 Å². The molecule has 1 spiro atoms. The van der Waals surface area contributed by atoms with E-state index >= 15 is 4.79 Å². The second kappa shape index (κ2) is 12.0. The van der Waals surface area contributed by atoms with E-state index in [-0.39, 0.29) is 11.1 Å². The SMILES string of the molecule is CCCCc1ccc2cc3c(cc2c1)-c1ccc2ccccc2[n+]1C1(CC)CC2(c4cccc5c(-c6c(C)cccc6C)c[n+]6c7ccccc7c(=O)n2c6c45)C31CC. The molecule has 0 saturated heterocycles. The molecule has 0 N–H and O–H groups in total. The Kier molecular flexibility index (Phi) is 7.08. The van der Waals surface area contributed by atoms with E-state index in [4.69, 9.17) is 0 Å². The molecule has 3 aliphatic rings. The van der Waals surface area contributed by atoms with Crippen molar-refractivity contribution in [2.45, 2.75) is 89.6 Å². The number of rotatable bonds is 6. The fourth-order valence-electron chi connectivity index (χ4n) is 13.2. The first-order valence-electron chi connectivity index (χ1n) is 21.9. The lowest BCUT2D eigenvalue weighted by Crippen LogP contribution is -2.86. The van der Waals surface area contributed by atoms with Crippen molar-refractivity contribution in [2.75, 3.05) is 0 Å². The normalized spacial score (nSPS) is 21.2. The van der Waals surface area contributed by atoms with Gasteiger partial charge in [0.15, 0.2) is 11.1 Å². The average Bonchev–Trinajstić information content (AvgIpc) is 3.58. The van der Waals surface area contributed by atoms with Crippen molar-refractivity contribution >= 4 is 49.0 Å². The van der Waals surface area contributed by atoms with Gasteiger partial charge in [-0.15, -0.1) is 0 Å². The van der Waals surface area contributed by atoms with Gasteiger partial charge in [0.1, 0.15) is 22.5 Å². The van der Waals surface area contributed by atoms with Crippen LogP contribution in [0.5, 0.6) is 0 Å². The number of hydrogen-bond acceptors (Lipinski definition) is 1. The largest absolute Gasteiger partial charge is 0.346 e. The maximum Gasteiger partial charge on any atom is 0.346 e. The smallest absolute Gasteiger partial charge is 0.241 e. The molecule has 5 heterocycles. The van der Waals surface area contributed by atoms with Crippen LogP contribution in [-0.4, -0.2) is 4.57 Å². The lowest BCUT2D eigenvalue weighted by Gasteiger charge is -2.66. The Labute approximate surface area is 345 Å². The van der Waals surface area contributed by atoms with Crippen LogP contribution in [-0.2, 0) is 22.9 Å². The van der Waals surface area contributed by atoms with Crippen LogP contribution < -0.4 is 14.5 Å². The van der Waals surface area contributed by atoms with Gasteiger partial charge in [-0.3, -0.25) is 0 Å². The van der Waals surface area contributed by atoms with E-state index in [1.54, 1.807) is 0 Å². The van der Waals surface area contributed by atoms with Gasteiger partial charge in [-0.2, -0.15) is 13.5 Å². The maximum absolute atomic E-state index is 15.8. The molecule has 4 nitrogen and oxygen atoms in total. The summed E-state index contributed by atoms with van der Waals surface area (Å²) in [5.74, 6) is 0. The molecule has 1 aliphatic carbocycles. The van der Waals surface area contributed by atoms with Crippen molar-refractivity contribution in [1.29, 1.82) is 0 Å². The zero-order chi connectivity index (χ0) is 40.0. The number of para-hydroxylation sites is 2. The first kappa shape index (κ1) is 34.9. The fourth-order valence-corrected chi connectivity index (χ4v) is 13.2. The number of fused-ring (bicyclic) bond motifs is 14. The highest BCUT2D eigenvalue weighted by molar-refractivity contribution is 6.08. The van der Waals surface area contributed by atoms with E-state index in [0.29, 0.717) is 0 Å². The van der Waals surface area contributed by atoms with Crippen molar-refractivity contribution in [3.8, 4) is 22.4 Å². The molecule has 12 rings (SSSR count). The molecule has 1 saturated carbocycles. The third-order valence-corrected chi connectivity index (χ3v) is 15.5. The number of aromatic nitrogens is 3. The summed E-state index contributed by atoms with van der Waals surface area (Å²) in [4.78, 5) is 15.8. The summed E-state index contributed by atoms with van der Waals surface area (Å²) in [6.45, 7) is 11.5. The minimum atomic E-state index is -0.656. The molecule has 6 aromatic carbocycles. The first-order chi connectivity index (χ1) is 28.8. The van der Waals surface area contributed by atoms with Crippen molar-refractivity contribution in [1.82, 2.24) is 4.57 Å². The maximum atomic E-state index is 15.8. The van der Waals surface area contributed by atoms with Gasteiger partial charge in [-0.05, 0) is 108 Å². The predicted molar refractivity (Wildman–Crippen MR) is 241 cm³/mol. The Bertz CT molecular complexity index is 3370. The van der Waals surface area contributed by atoms with E-state index in [0.717, 1.165) is 42.2 Å². The number of benzene rings is 6. The summed E-state index contributed by atoms with van der Waals surface area (Å²) in [6, 6.07) is 47.7. The predicted octanol–water partition coefficient (Wildman–Crippen LogP) is 11.7. The van der Waals surface area contributed by atoms with Gasteiger partial charge < -0.3 is 0 Å². The van der Waals surface area contributed by atoms with Crippen LogP contribution in [0.25, 0.3) is 71.4 Å². The van der Waals surface area contributed by atoms with E-state index in [1.165, 1.54) is 95.5 Å². The monoisotopic (exact) mass is 767 g/mol. The molecule has 3 aromatic heterocycles. The molecule has 0 radical (unpaired) electrons. The highest BCUT2D eigenvalue weighted by Gasteiger charge is 2.86. The lowest BCUT2D eigenvalue weighted by molar-refractivity contribution is -0.769.